The van der Waals surface area contributed by atoms with Crippen molar-refractivity contribution in [3.05, 3.63) is 95.0 Å². The zero-order valence-electron chi connectivity index (χ0n) is 22.1. The minimum absolute atomic E-state index is 0.0700. The molecular formula is C29H34ClN3O4S. The van der Waals surface area contributed by atoms with Crippen LogP contribution in [0.3, 0.4) is 0 Å². The predicted molar refractivity (Wildman–Crippen MR) is 152 cm³/mol. The molecule has 2 atom stereocenters. The quantitative estimate of drug-likeness (QED) is 0.353. The number of aryl methyl sites for hydroxylation is 1. The second kappa shape index (κ2) is 12.9. The number of nitrogens with zero attached hydrogens (tertiary/aromatic N) is 2. The monoisotopic (exact) mass is 555 g/mol. The summed E-state index contributed by atoms with van der Waals surface area (Å²) in [5.74, 6) is -0.815. The molecular weight excluding hydrogens is 522 g/mol. The Kier molecular flexibility index (Phi) is 9.94. The van der Waals surface area contributed by atoms with Crippen LogP contribution in [-0.2, 0) is 26.2 Å². The van der Waals surface area contributed by atoms with Crippen LogP contribution < -0.4 is 9.62 Å². The molecule has 3 aromatic rings. The summed E-state index contributed by atoms with van der Waals surface area (Å²) in [6.45, 7) is 6.92. The van der Waals surface area contributed by atoms with E-state index < -0.39 is 28.5 Å². The fourth-order valence-corrected chi connectivity index (χ4v) is 5.54. The Bertz CT molecular complexity index is 1350. The van der Waals surface area contributed by atoms with Crippen molar-refractivity contribution in [3.63, 3.8) is 0 Å². The number of benzene rings is 3. The molecule has 0 unspecified atom stereocenters. The Morgan fingerprint density at radius 1 is 0.921 bits per heavy atom. The summed E-state index contributed by atoms with van der Waals surface area (Å²) in [4.78, 5) is 28.5. The third kappa shape index (κ3) is 7.14. The number of hydrogen-bond acceptors (Lipinski definition) is 4. The molecule has 2 amide bonds. The van der Waals surface area contributed by atoms with Gasteiger partial charge < -0.3 is 10.2 Å². The highest BCUT2D eigenvalue weighted by atomic mass is 35.5. The van der Waals surface area contributed by atoms with E-state index in [9.17, 15) is 18.0 Å². The van der Waals surface area contributed by atoms with Crippen LogP contribution in [0.5, 0.6) is 0 Å². The van der Waals surface area contributed by atoms with Crippen molar-refractivity contribution in [1.29, 1.82) is 0 Å². The maximum atomic E-state index is 13.9. The van der Waals surface area contributed by atoms with Crippen molar-refractivity contribution in [2.75, 3.05) is 10.8 Å². The lowest BCUT2D eigenvalue weighted by molar-refractivity contribution is -0.139. The normalized spacial score (nSPS) is 12.9. The number of anilines is 1. The van der Waals surface area contributed by atoms with Gasteiger partial charge in [0.25, 0.3) is 10.0 Å². The number of nitrogens with one attached hydrogen (secondary N) is 1. The molecule has 0 aliphatic heterocycles. The van der Waals surface area contributed by atoms with E-state index in [0.717, 1.165) is 16.3 Å². The summed E-state index contributed by atoms with van der Waals surface area (Å²) in [7, 11) is -4.08. The van der Waals surface area contributed by atoms with Gasteiger partial charge in [0.1, 0.15) is 12.6 Å². The van der Waals surface area contributed by atoms with E-state index >= 15 is 0 Å². The van der Waals surface area contributed by atoms with Crippen molar-refractivity contribution < 1.29 is 18.0 Å². The van der Waals surface area contributed by atoms with Crippen LogP contribution >= 0.6 is 11.6 Å². The predicted octanol–water partition coefficient (Wildman–Crippen LogP) is 5.18. The Hall–Kier alpha value is -3.36. The van der Waals surface area contributed by atoms with Gasteiger partial charge >= 0.3 is 0 Å². The van der Waals surface area contributed by atoms with Gasteiger partial charge in [0.2, 0.25) is 11.8 Å². The Balaban J connectivity index is 2.02. The second-order valence-corrected chi connectivity index (χ2v) is 11.6. The summed E-state index contributed by atoms with van der Waals surface area (Å²) >= 11 is 6.04. The van der Waals surface area contributed by atoms with E-state index in [2.05, 4.69) is 5.32 Å². The number of rotatable bonds is 11. The third-order valence-corrected chi connectivity index (χ3v) is 8.45. The third-order valence-electron chi connectivity index (χ3n) is 6.43. The average Bonchev–Trinajstić information content (AvgIpc) is 2.91. The highest BCUT2D eigenvalue weighted by Crippen LogP contribution is 2.27. The molecule has 1 N–H and O–H groups in total. The minimum Gasteiger partial charge on any atom is -0.352 e. The van der Waals surface area contributed by atoms with E-state index in [4.69, 9.17) is 11.6 Å². The lowest BCUT2D eigenvalue weighted by Crippen LogP contribution is -2.52. The van der Waals surface area contributed by atoms with Crippen LogP contribution in [0, 0.1) is 6.92 Å². The minimum atomic E-state index is -4.08. The molecule has 0 fully saturated rings. The van der Waals surface area contributed by atoms with Gasteiger partial charge in [-0.15, -0.1) is 0 Å². The van der Waals surface area contributed by atoms with E-state index in [-0.39, 0.29) is 23.4 Å². The smallest absolute Gasteiger partial charge is 0.264 e. The fraction of sp³-hybridized carbons (Fsp3) is 0.310. The summed E-state index contributed by atoms with van der Waals surface area (Å²) in [6, 6.07) is 21.1. The van der Waals surface area contributed by atoms with Crippen LogP contribution in [0.15, 0.2) is 83.8 Å². The first-order valence-corrected chi connectivity index (χ1v) is 14.3. The van der Waals surface area contributed by atoms with Crippen LogP contribution in [0.1, 0.15) is 38.3 Å². The van der Waals surface area contributed by atoms with Gasteiger partial charge in [-0.05, 0) is 68.7 Å². The standard InChI is InChI=1S/C29H34ClN3O4S/c1-5-22(3)31-29(35)23(4)32(19-24-15-17-25(30)18-16-24)28(34)20-33(27-14-10-9-11-21(27)2)38(36,37)26-12-7-6-8-13-26/h6-18,22-23H,5,19-20H2,1-4H3,(H,31,35)/t22-,23+/m0/s1. The largest absolute Gasteiger partial charge is 0.352 e. The van der Waals surface area contributed by atoms with Crippen molar-refractivity contribution in [3.8, 4) is 0 Å². The van der Waals surface area contributed by atoms with Gasteiger partial charge in [0.15, 0.2) is 0 Å². The Morgan fingerprint density at radius 3 is 2.13 bits per heavy atom. The molecule has 0 aliphatic carbocycles. The number of sulfonamides is 1. The zero-order valence-corrected chi connectivity index (χ0v) is 23.7. The number of carbonyl (C=O) groups is 2. The first-order valence-electron chi connectivity index (χ1n) is 12.5. The number of carbonyl (C=O) groups excluding carboxylic acids is 2. The van der Waals surface area contributed by atoms with Gasteiger partial charge in [-0.1, -0.05) is 67.1 Å². The molecule has 3 rings (SSSR count). The van der Waals surface area contributed by atoms with E-state index in [1.807, 2.05) is 19.9 Å². The number of para-hydroxylation sites is 1. The zero-order chi connectivity index (χ0) is 27.9. The molecule has 38 heavy (non-hydrogen) atoms. The van der Waals surface area contributed by atoms with Crippen LogP contribution in [-0.4, -0.2) is 43.8 Å². The molecule has 0 heterocycles. The van der Waals surface area contributed by atoms with Crippen LogP contribution in [0.25, 0.3) is 0 Å². The first-order chi connectivity index (χ1) is 18.0. The van der Waals surface area contributed by atoms with Gasteiger partial charge in [-0.25, -0.2) is 8.42 Å². The SMILES string of the molecule is CC[C@H](C)NC(=O)[C@@H](C)N(Cc1ccc(Cl)cc1)C(=O)CN(c1ccccc1C)S(=O)(=O)c1ccccc1. The summed E-state index contributed by atoms with van der Waals surface area (Å²) < 4.78 is 28.7. The second-order valence-electron chi connectivity index (χ2n) is 9.25. The average molecular weight is 556 g/mol. The van der Waals surface area contributed by atoms with Gasteiger partial charge in [0, 0.05) is 17.6 Å². The molecule has 0 saturated heterocycles. The molecule has 0 aromatic heterocycles. The first kappa shape index (κ1) is 29.2. The maximum absolute atomic E-state index is 13.9. The summed E-state index contributed by atoms with van der Waals surface area (Å²) in [5, 5.41) is 3.47. The molecule has 0 spiro atoms. The molecule has 9 heteroatoms. The molecule has 0 aliphatic rings. The lowest BCUT2D eigenvalue weighted by Gasteiger charge is -2.33. The molecule has 0 bridgehead atoms. The van der Waals surface area contributed by atoms with Gasteiger partial charge in [0.05, 0.1) is 10.6 Å². The van der Waals surface area contributed by atoms with E-state index in [0.29, 0.717) is 16.3 Å². The van der Waals surface area contributed by atoms with Gasteiger partial charge in [-0.3, -0.25) is 13.9 Å². The van der Waals surface area contributed by atoms with Crippen LogP contribution in [0.2, 0.25) is 5.02 Å². The van der Waals surface area contributed by atoms with Crippen molar-refractivity contribution in [1.82, 2.24) is 10.2 Å². The highest BCUT2D eigenvalue weighted by Gasteiger charge is 2.33. The number of amides is 2. The fourth-order valence-electron chi connectivity index (χ4n) is 3.91. The lowest BCUT2D eigenvalue weighted by atomic mass is 10.1. The highest BCUT2D eigenvalue weighted by molar-refractivity contribution is 7.92. The number of hydrogen-bond donors (Lipinski definition) is 1. The molecule has 0 saturated carbocycles. The molecule has 3 aromatic carbocycles. The van der Waals surface area contributed by atoms with Crippen LogP contribution in [0.4, 0.5) is 5.69 Å². The topological polar surface area (TPSA) is 86.8 Å². The van der Waals surface area contributed by atoms with Gasteiger partial charge in [-0.2, -0.15) is 0 Å². The number of halogens is 1. The molecule has 202 valence electrons. The summed E-state index contributed by atoms with van der Waals surface area (Å²) in [5.41, 5.74) is 1.86. The molecule has 7 nitrogen and oxygen atoms in total. The van der Waals surface area contributed by atoms with Crippen molar-refractivity contribution in [2.24, 2.45) is 0 Å². The Labute approximate surface area is 230 Å². The summed E-state index contributed by atoms with van der Waals surface area (Å²) in [6.07, 6.45) is 0.736. The van der Waals surface area contributed by atoms with Crippen molar-refractivity contribution in [2.45, 2.75) is 57.6 Å². The van der Waals surface area contributed by atoms with E-state index in [1.165, 1.54) is 17.0 Å². The Morgan fingerprint density at radius 2 is 1.53 bits per heavy atom. The maximum Gasteiger partial charge on any atom is 0.264 e. The van der Waals surface area contributed by atoms with E-state index in [1.54, 1.807) is 74.5 Å². The molecule has 0 radical (unpaired) electrons. The van der Waals surface area contributed by atoms with Crippen molar-refractivity contribution >= 4 is 39.1 Å².